The quantitative estimate of drug-likeness (QED) is 0.844. The van der Waals surface area contributed by atoms with Gasteiger partial charge in [-0.3, -0.25) is 10.1 Å². The minimum atomic E-state index is -0.475. The summed E-state index contributed by atoms with van der Waals surface area (Å²) < 4.78 is 10.8. The van der Waals surface area contributed by atoms with Crippen LogP contribution in [0.4, 0.5) is 5.95 Å². The van der Waals surface area contributed by atoms with Crippen LogP contribution in [0.3, 0.4) is 0 Å². The molecule has 2 N–H and O–H groups in total. The van der Waals surface area contributed by atoms with Gasteiger partial charge < -0.3 is 9.15 Å². The highest BCUT2D eigenvalue weighted by Gasteiger charge is 2.20. The second kappa shape index (κ2) is 4.86. The lowest BCUT2D eigenvalue weighted by molar-refractivity contribution is 0.0986. The zero-order valence-electron chi connectivity index (χ0n) is 10.2. The van der Waals surface area contributed by atoms with E-state index < -0.39 is 5.91 Å². The number of furan rings is 1. The van der Waals surface area contributed by atoms with Gasteiger partial charge in [-0.15, -0.1) is 0 Å². The molecular weight excluding hydrogens is 238 g/mol. The third kappa shape index (κ3) is 2.65. The van der Waals surface area contributed by atoms with Gasteiger partial charge in [-0.05, 0) is 31.2 Å². The Balaban J connectivity index is 2.18. The largest absolute Gasteiger partial charge is 0.487 e. The summed E-state index contributed by atoms with van der Waals surface area (Å²) in [6.45, 7) is 5.47. The molecule has 0 radical (unpaired) electrons. The van der Waals surface area contributed by atoms with E-state index in [4.69, 9.17) is 9.15 Å². The number of hydrogen-bond acceptors (Lipinski definition) is 6. The topological polar surface area (TPSA) is 106 Å². The molecule has 2 rings (SSSR count). The monoisotopic (exact) mass is 251 g/mol. The summed E-state index contributed by atoms with van der Waals surface area (Å²) in [7, 11) is 0. The standard InChI is InChI=1S/C10H13N5O3/c1-5(2)17-7-4-6(3)18-8(7)9(16)11-10-12-14-15-13-10/h4-5H,1-3H3,(H2,11,12,13,14,15,16). The molecule has 0 unspecified atom stereocenters. The van der Waals surface area contributed by atoms with Crippen molar-refractivity contribution >= 4 is 11.9 Å². The molecule has 2 heterocycles. The highest BCUT2D eigenvalue weighted by molar-refractivity contribution is 6.03. The number of carbonyl (C=O) groups is 1. The molecule has 8 heteroatoms. The van der Waals surface area contributed by atoms with Crippen LogP contribution in [0, 0.1) is 6.92 Å². The Hall–Kier alpha value is -2.38. The molecule has 2 aromatic heterocycles. The van der Waals surface area contributed by atoms with Gasteiger partial charge >= 0.3 is 0 Å². The van der Waals surface area contributed by atoms with E-state index in [9.17, 15) is 4.79 Å². The number of ether oxygens (including phenoxy) is 1. The maximum absolute atomic E-state index is 11.9. The molecule has 0 spiro atoms. The normalized spacial score (nSPS) is 10.7. The molecule has 0 aliphatic rings. The minimum Gasteiger partial charge on any atom is -0.487 e. The van der Waals surface area contributed by atoms with Gasteiger partial charge in [0, 0.05) is 6.07 Å². The van der Waals surface area contributed by atoms with E-state index in [0.717, 1.165) is 0 Å². The van der Waals surface area contributed by atoms with Crippen LogP contribution in [0.5, 0.6) is 5.75 Å². The number of nitrogens with one attached hydrogen (secondary N) is 2. The van der Waals surface area contributed by atoms with Crippen LogP contribution in [0.15, 0.2) is 10.5 Å². The molecular formula is C10H13N5O3. The summed E-state index contributed by atoms with van der Waals surface area (Å²) in [6.07, 6.45) is -0.0551. The Morgan fingerprint density at radius 1 is 1.56 bits per heavy atom. The summed E-state index contributed by atoms with van der Waals surface area (Å²) in [6, 6.07) is 1.66. The minimum absolute atomic E-state index is 0.0551. The van der Waals surface area contributed by atoms with Crippen LogP contribution in [0.25, 0.3) is 0 Å². The van der Waals surface area contributed by atoms with Crippen molar-refractivity contribution in [2.24, 2.45) is 0 Å². The third-order valence-corrected chi connectivity index (χ3v) is 1.97. The lowest BCUT2D eigenvalue weighted by Crippen LogP contribution is -2.15. The molecule has 0 atom stereocenters. The lowest BCUT2D eigenvalue weighted by atomic mass is 10.3. The zero-order valence-corrected chi connectivity index (χ0v) is 10.2. The second-order valence-electron chi connectivity index (χ2n) is 3.92. The Morgan fingerprint density at radius 2 is 2.33 bits per heavy atom. The van der Waals surface area contributed by atoms with Crippen molar-refractivity contribution in [2.45, 2.75) is 26.9 Å². The van der Waals surface area contributed by atoms with E-state index in [1.54, 1.807) is 13.0 Å². The van der Waals surface area contributed by atoms with Crippen molar-refractivity contribution < 1.29 is 13.9 Å². The Kier molecular flexibility index (Phi) is 3.26. The average Bonchev–Trinajstić information content (AvgIpc) is 2.87. The highest BCUT2D eigenvalue weighted by atomic mass is 16.5. The number of carbonyl (C=O) groups excluding carboxylic acids is 1. The first-order chi connectivity index (χ1) is 8.56. The van der Waals surface area contributed by atoms with Gasteiger partial charge in [0.25, 0.3) is 5.91 Å². The molecule has 0 fully saturated rings. The van der Waals surface area contributed by atoms with Gasteiger partial charge in [0.15, 0.2) is 5.75 Å². The average molecular weight is 251 g/mol. The molecule has 0 aromatic carbocycles. The summed E-state index contributed by atoms with van der Waals surface area (Å²) in [5.74, 6) is 0.749. The first kappa shape index (κ1) is 12.1. The molecule has 0 saturated carbocycles. The van der Waals surface area contributed by atoms with Crippen molar-refractivity contribution in [3.8, 4) is 5.75 Å². The van der Waals surface area contributed by atoms with Crippen molar-refractivity contribution in [3.63, 3.8) is 0 Å². The number of amides is 1. The van der Waals surface area contributed by atoms with Gasteiger partial charge in [-0.1, -0.05) is 5.10 Å². The van der Waals surface area contributed by atoms with Crippen LogP contribution >= 0.6 is 0 Å². The fourth-order valence-electron chi connectivity index (χ4n) is 1.37. The molecule has 0 saturated heterocycles. The fourth-order valence-corrected chi connectivity index (χ4v) is 1.37. The van der Waals surface area contributed by atoms with E-state index in [1.165, 1.54) is 0 Å². The van der Waals surface area contributed by atoms with Gasteiger partial charge in [0.1, 0.15) is 5.76 Å². The van der Waals surface area contributed by atoms with E-state index in [2.05, 4.69) is 25.9 Å². The summed E-state index contributed by atoms with van der Waals surface area (Å²) >= 11 is 0. The molecule has 8 nitrogen and oxygen atoms in total. The molecule has 0 aliphatic heterocycles. The Morgan fingerprint density at radius 3 is 2.94 bits per heavy atom. The maximum Gasteiger partial charge on any atom is 0.297 e. The SMILES string of the molecule is Cc1cc(OC(C)C)c(C(=O)Nc2nnn[nH]2)o1. The lowest BCUT2D eigenvalue weighted by Gasteiger charge is -2.08. The number of hydrogen-bond donors (Lipinski definition) is 2. The van der Waals surface area contributed by atoms with Gasteiger partial charge in [-0.2, -0.15) is 0 Å². The summed E-state index contributed by atoms with van der Waals surface area (Å²) in [5, 5.41) is 15.1. The summed E-state index contributed by atoms with van der Waals surface area (Å²) in [4.78, 5) is 11.9. The van der Waals surface area contributed by atoms with Crippen LogP contribution < -0.4 is 10.1 Å². The second-order valence-corrected chi connectivity index (χ2v) is 3.92. The highest BCUT2D eigenvalue weighted by Crippen LogP contribution is 2.24. The van der Waals surface area contributed by atoms with E-state index >= 15 is 0 Å². The first-order valence-corrected chi connectivity index (χ1v) is 5.38. The molecule has 0 bridgehead atoms. The zero-order chi connectivity index (χ0) is 13.1. The number of rotatable bonds is 4. The van der Waals surface area contributed by atoms with Gasteiger partial charge in [0.05, 0.1) is 6.10 Å². The number of H-pyrrole nitrogens is 1. The molecule has 1 amide bonds. The smallest absolute Gasteiger partial charge is 0.297 e. The molecule has 18 heavy (non-hydrogen) atoms. The Bertz CT molecular complexity index is 532. The Labute approximate surface area is 103 Å². The van der Waals surface area contributed by atoms with Gasteiger partial charge in [-0.25, -0.2) is 5.10 Å². The van der Waals surface area contributed by atoms with Crippen LogP contribution in [0.1, 0.15) is 30.2 Å². The number of aromatic amines is 1. The van der Waals surface area contributed by atoms with Crippen molar-refractivity contribution in [2.75, 3.05) is 5.32 Å². The van der Waals surface area contributed by atoms with Crippen molar-refractivity contribution in [1.29, 1.82) is 0 Å². The fraction of sp³-hybridized carbons (Fsp3) is 0.400. The van der Waals surface area contributed by atoms with Crippen LogP contribution in [-0.2, 0) is 0 Å². The number of tetrazole rings is 1. The third-order valence-electron chi connectivity index (χ3n) is 1.97. The van der Waals surface area contributed by atoms with E-state index in [1.807, 2.05) is 13.8 Å². The predicted molar refractivity (Wildman–Crippen MR) is 61.3 cm³/mol. The number of aryl methyl sites for hydroxylation is 1. The maximum atomic E-state index is 11.9. The molecule has 96 valence electrons. The van der Waals surface area contributed by atoms with Crippen molar-refractivity contribution in [3.05, 3.63) is 17.6 Å². The van der Waals surface area contributed by atoms with Gasteiger partial charge in [0.2, 0.25) is 11.7 Å². The van der Waals surface area contributed by atoms with Crippen molar-refractivity contribution in [1.82, 2.24) is 20.6 Å². The molecule has 0 aliphatic carbocycles. The van der Waals surface area contributed by atoms with E-state index in [0.29, 0.717) is 11.5 Å². The van der Waals surface area contributed by atoms with E-state index in [-0.39, 0.29) is 17.8 Å². The van der Waals surface area contributed by atoms with Crippen LogP contribution in [-0.4, -0.2) is 32.6 Å². The number of aromatic nitrogens is 4. The molecule has 2 aromatic rings. The number of anilines is 1. The predicted octanol–water partition coefficient (Wildman–Crippen LogP) is 1.14. The number of nitrogens with zero attached hydrogens (tertiary/aromatic N) is 3. The summed E-state index contributed by atoms with van der Waals surface area (Å²) in [5.41, 5.74) is 0. The first-order valence-electron chi connectivity index (χ1n) is 5.38. The van der Waals surface area contributed by atoms with Crippen LogP contribution in [0.2, 0.25) is 0 Å².